The summed E-state index contributed by atoms with van der Waals surface area (Å²) in [6.45, 7) is 0.182. The van der Waals surface area contributed by atoms with Gasteiger partial charge in [-0.1, -0.05) is 24.3 Å². The van der Waals surface area contributed by atoms with Crippen molar-refractivity contribution in [2.75, 3.05) is 6.54 Å². The van der Waals surface area contributed by atoms with Crippen molar-refractivity contribution in [3.63, 3.8) is 0 Å². The number of aliphatic hydroxyl groups excluding tert-OH is 1. The number of aliphatic hydroxyl groups is 2. The second-order valence-electron chi connectivity index (χ2n) is 4.69. The number of hydrogen-bond acceptors (Lipinski definition) is 5. The molecule has 1 heterocycles. The maximum absolute atomic E-state index is 10.5. The molecule has 0 aromatic heterocycles. The molecule has 1 aromatic carbocycles. The van der Waals surface area contributed by atoms with Crippen LogP contribution in [0.3, 0.4) is 0 Å². The van der Waals surface area contributed by atoms with E-state index in [1.807, 2.05) is 24.3 Å². The van der Waals surface area contributed by atoms with Crippen LogP contribution >= 0.6 is 0 Å². The summed E-state index contributed by atoms with van der Waals surface area (Å²) in [5, 5.41) is 26.3. The molecule has 1 aliphatic carbocycles. The Morgan fingerprint density at radius 2 is 2.05 bits per heavy atom. The molecule has 3 rings (SSSR count). The summed E-state index contributed by atoms with van der Waals surface area (Å²) in [4.78, 5) is 0. The van der Waals surface area contributed by atoms with Gasteiger partial charge in [0.1, 0.15) is 5.75 Å². The van der Waals surface area contributed by atoms with Crippen molar-refractivity contribution in [3.8, 4) is 5.75 Å². The molecule has 19 heavy (non-hydrogen) atoms. The lowest BCUT2D eigenvalue weighted by atomic mass is 10.0. The lowest BCUT2D eigenvalue weighted by Crippen LogP contribution is -2.59. The number of benzene rings is 1. The summed E-state index contributed by atoms with van der Waals surface area (Å²) in [5.41, 5.74) is 0.857. The first-order valence-electron chi connectivity index (χ1n) is 6.21. The third-order valence-electron chi connectivity index (χ3n) is 3.15. The van der Waals surface area contributed by atoms with E-state index < -0.39 is 12.0 Å². The number of allylic oxidation sites excluding steroid dienone is 1. The zero-order valence-electron chi connectivity index (χ0n) is 10.3. The molecular weight excluding hydrogens is 244 g/mol. The zero-order valence-corrected chi connectivity index (χ0v) is 10.3. The minimum absolute atomic E-state index is 0.182. The van der Waals surface area contributed by atoms with E-state index in [4.69, 9.17) is 4.74 Å². The molecule has 3 atom stereocenters. The molecule has 2 aliphatic rings. The van der Waals surface area contributed by atoms with Crippen LogP contribution in [0.1, 0.15) is 0 Å². The Hall–Kier alpha value is -1.82. The fourth-order valence-electron chi connectivity index (χ4n) is 2.20. The van der Waals surface area contributed by atoms with Crippen LogP contribution in [-0.2, 0) is 0 Å². The monoisotopic (exact) mass is 260 g/mol. The average molecular weight is 260 g/mol. The van der Waals surface area contributed by atoms with E-state index in [1.165, 1.54) is 0 Å². The molecule has 0 spiro atoms. The number of rotatable bonds is 2. The third kappa shape index (κ3) is 2.63. The maximum Gasteiger partial charge on any atom is 0.286 e. The first-order chi connectivity index (χ1) is 9.15. The van der Waals surface area contributed by atoms with Gasteiger partial charge in [-0.2, -0.15) is 0 Å². The average Bonchev–Trinajstić information content (AvgIpc) is 2.54. The summed E-state index contributed by atoms with van der Waals surface area (Å²) in [6, 6.07) is 8.69. The van der Waals surface area contributed by atoms with Crippen LogP contribution in [0.2, 0.25) is 0 Å². The SMILES string of the molecule is OC1C=CC2=CC1NC(O)(Oc1ccccc1)CN2. The number of fused-ring (bicyclic) bond motifs is 1. The van der Waals surface area contributed by atoms with Crippen molar-refractivity contribution in [1.29, 1.82) is 0 Å². The molecule has 0 fully saturated rings. The molecule has 2 bridgehead atoms. The Bertz CT molecular complexity index is 515. The summed E-state index contributed by atoms with van der Waals surface area (Å²) in [7, 11) is 0. The fourth-order valence-corrected chi connectivity index (χ4v) is 2.20. The van der Waals surface area contributed by atoms with Crippen molar-refractivity contribution in [1.82, 2.24) is 10.6 Å². The number of para-hydroxylation sites is 1. The molecule has 5 heteroatoms. The fraction of sp³-hybridized carbons (Fsp3) is 0.286. The molecule has 100 valence electrons. The highest BCUT2D eigenvalue weighted by Gasteiger charge is 2.37. The van der Waals surface area contributed by atoms with E-state index in [-0.39, 0.29) is 12.6 Å². The van der Waals surface area contributed by atoms with Crippen LogP contribution < -0.4 is 15.4 Å². The molecule has 0 saturated heterocycles. The van der Waals surface area contributed by atoms with E-state index >= 15 is 0 Å². The van der Waals surface area contributed by atoms with E-state index in [0.29, 0.717) is 5.75 Å². The standard InChI is InChI=1S/C14H16N2O3/c17-13-7-6-10-8-12(13)16-14(18,9-15-10)19-11-4-2-1-3-5-11/h1-8,12-13,15-18H,9H2. The highest BCUT2D eigenvalue weighted by atomic mass is 16.6. The van der Waals surface area contributed by atoms with Crippen molar-refractivity contribution >= 4 is 0 Å². The molecule has 0 radical (unpaired) electrons. The van der Waals surface area contributed by atoms with Gasteiger partial charge in [0.2, 0.25) is 0 Å². The zero-order chi connectivity index (χ0) is 13.3. The van der Waals surface area contributed by atoms with Gasteiger partial charge in [-0.25, -0.2) is 5.32 Å². The van der Waals surface area contributed by atoms with Crippen molar-refractivity contribution in [2.45, 2.75) is 18.1 Å². The van der Waals surface area contributed by atoms with Gasteiger partial charge in [0.05, 0.1) is 18.7 Å². The van der Waals surface area contributed by atoms with Gasteiger partial charge in [-0.05, 0) is 24.3 Å². The largest absolute Gasteiger partial charge is 0.447 e. The number of nitrogens with one attached hydrogen (secondary N) is 2. The molecule has 1 aromatic rings. The van der Waals surface area contributed by atoms with Gasteiger partial charge < -0.3 is 20.3 Å². The molecule has 5 nitrogen and oxygen atoms in total. The van der Waals surface area contributed by atoms with Gasteiger partial charge in [0.15, 0.2) is 0 Å². The first-order valence-corrected chi connectivity index (χ1v) is 6.21. The van der Waals surface area contributed by atoms with Crippen LogP contribution in [0.4, 0.5) is 0 Å². The summed E-state index contributed by atoms with van der Waals surface area (Å²) in [5.74, 6) is -1.01. The number of ether oxygens (including phenoxy) is 1. The highest BCUT2D eigenvalue weighted by molar-refractivity contribution is 5.29. The van der Waals surface area contributed by atoms with E-state index in [1.54, 1.807) is 24.3 Å². The second-order valence-corrected chi connectivity index (χ2v) is 4.69. The van der Waals surface area contributed by atoms with E-state index in [2.05, 4.69) is 10.6 Å². The van der Waals surface area contributed by atoms with Crippen LogP contribution in [-0.4, -0.2) is 34.8 Å². The Balaban J connectivity index is 1.78. The quantitative estimate of drug-likeness (QED) is 0.567. The third-order valence-corrected chi connectivity index (χ3v) is 3.15. The normalized spacial score (nSPS) is 33.1. The Labute approximate surface area is 111 Å². The number of hydrogen-bond donors (Lipinski definition) is 4. The highest BCUT2D eigenvalue weighted by Crippen LogP contribution is 2.20. The van der Waals surface area contributed by atoms with Crippen LogP contribution in [0, 0.1) is 0 Å². The van der Waals surface area contributed by atoms with E-state index in [0.717, 1.165) is 5.70 Å². The Morgan fingerprint density at radius 1 is 1.26 bits per heavy atom. The molecule has 3 unspecified atom stereocenters. The lowest BCUT2D eigenvalue weighted by molar-refractivity contribution is -0.163. The van der Waals surface area contributed by atoms with Crippen molar-refractivity contribution in [3.05, 3.63) is 54.3 Å². The van der Waals surface area contributed by atoms with Gasteiger partial charge in [-0.15, -0.1) is 0 Å². The van der Waals surface area contributed by atoms with Crippen LogP contribution in [0.25, 0.3) is 0 Å². The predicted molar refractivity (Wildman–Crippen MR) is 70.2 cm³/mol. The minimum Gasteiger partial charge on any atom is -0.447 e. The van der Waals surface area contributed by atoms with Crippen molar-refractivity contribution in [2.24, 2.45) is 0 Å². The first kappa shape index (κ1) is 12.2. The van der Waals surface area contributed by atoms with Gasteiger partial charge in [0, 0.05) is 5.70 Å². The summed E-state index contributed by atoms with van der Waals surface area (Å²) >= 11 is 0. The maximum atomic E-state index is 10.5. The smallest absolute Gasteiger partial charge is 0.286 e. The Kier molecular flexibility index (Phi) is 3.02. The second kappa shape index (κ2) is 4.70. The predicted octanol–water partition coefficient (Wildman–Crippen LogP) is 0.0875. The van der Waals surface area contributed by atoms with Crippen LogP contribution in [0.15, 0.2) is 54.3 Å². The van der Waals surface area contributed by atoms with E-state index in [9.17, 15) is 10.2 Å². The topological polar surface area (TPSA) is 73.8 Å². The van der Waals surface area contributed by atoms with Crippen LogP contribution in [0.5, 0.6) is 5.75 Å². The van der Waals surface area contributed by atoms with Gasteiger partial charge in [-0.3, -0.25) is 0 Å². The molecule has 4 N–H and O–H groups in total. The Morgan fingerprint density at radius 3 is 2.84 bits per heavy atom. The summed E-state index contributed by atoms with van der Waals surface area (Å²) < 4.78 is 5.59. The molecule has 0 saturated carbocycles. The molecule has 1 aliphatic heterocycles. The summed E-state index contributed by atoms with van der Waals surface area (Å²) in [6.07, 6.45) is 4.61. The van der Waals surface area contributed by atoms with Crippen molar-refractivity contribution < 1.29 is 14.9 Å². The number of β-amino-alcohol motifs (C(OH)–C–C–N with tert-alkyl or cyclic N) is 1. The molecule has 0 amide bonds. The van der Waals surface area contributed by atoms with Gasteiger partial charge >= 0.3 is 0 Å². The molecular formula is C14H16N2O3. The minimum atomic E-state index is -1.57. The van der Waals surface area contributed by atoms with Gasteiger partial charge in [0.25, 0.3) is 5.91 Å². The lowest BCUT2D eigenvalue weighted by Gasteiger charge is -2.32.